The number of unbranched alkanes of at least 4 members (excludes halogenated alkanes) is 65. The quantitative estimate of drug-likeness (QED) is 0.0261. The van der Waals surface area contributed by atoms with Crippen molar-refractivity contribution in [1.29, 1.82) is 0 Å². The van der Waals surface area contributed by atoms with E-state index in [-0.39, 0.29) is 12.5 Å². The van der Waals surface area contributed by atoms with E-state index in [1.807, 2.05) is 0 Å². The van der Waals surface area contributed by atoms with Crippen LogP contribution in [0.15, 0.2) is 12.2 Å². The molecule has 9 nitrogen and oxygen atoms in total. The molecule has 0 bridgehead atoms. The summed E-state index contributed by atoms with van der Waals surface area (Å²) in [7, 11) is 0. The van der Waals surface area contributed by atoms with Crippen molar-refractivity contribution in [1.82, 2.24) is 5.32 Å². The van der Waals surface area contributed by atoms with Gasteiger partial charge < -0.3 is 40.3 Å². The Labute approximate surface area is 579 Å². The van der Waals surface area contributed by atoms with Crippen LogP contribution in [0.25, 0.3) is 0 Å². The van der Waals surface area contributed by atoms with Gasteiger partial charge in [0.25, 0.3) is 0 Å². The average molecular weight is 1320 g/mol. The standard InChI is InChI=1S/C84H165NO8/c1-3-5-7-9-11-13-15-17-19-21-23-25-27-29-31-33-35-36-37-38-39-40-41-42-44-46-48-50-52-54-56-58-60-62-64-66-68-70-72-74-80(88)85-77(76-92-84-83(91)82(90)81(89)79(75-86)93-84)78(87)73-71-69-67-65-63-61-59-57-55-53-51-49-47-45-43-34-32-30-28-26-24-22-20-18-16-14-12-10-8-6-4-2/h21,23,77-79,81-84,86-87,89-91H,3-20,22,24-76H2,1-2H3,(H,85,88)/b23-21-. The highest BCUT2D eigenvalue weighted by Crippen LogP contribution is 2.25. The van der Waals surface area contributed by atoms with Gasteiger partial charge in [-0.1, -0.05) is 431 Å². The summed E-state index contributed by atoms with van der Waals surface area (Å²) < 4.78 is 11.4. The van der Waals surface area contributed by atoms with Gasteiger partial charge in [-0.25, -0.2) is 0 Å². The van der Waals surface area contributed by atoms with Gasteiger partial charge >= 0.3 is 0 Å². The van der Waals surface area contributed by atoms with E-state index in [1.54, 1.807) is 0 Å². The van der Waals surface area contributed by atoms with Crippen molar-refractivity contribution in [3.8, 4) is 0 Å². The van der Waals surface area contributed by atoms with Crippen molar-refractivity contribution < 1.29 is 39.8 Å². The molecule has 1 fully saturated rings. The Balaban J connectivity index is 2.01. The van der Waals surface area contributed by atoms with Crippen LogP contribution in [0.4, 0.5) is 0 Å². The van der Waals surface area contributed by atoms with Crippen LogP contribution in [0.2, 0.25) is 0 Å². The number of hydrogen-bond donors (Lipinski definition) is 6. The molecule has 93 heavy (non-hydrogen) atoms. The van der Waals surface area contributed by atoms with Crippen molar-refractivity contribution in [3.63, 3.8) is 0 Å². The van der Waals surface area contributed by atoms with Crippen LogP contribution in [-0.4, -0.2) is 87.5 Å². The monoisotopic (exact) mass is 1320 g/mol. The van der Waals surface area contributed by atoms with Crippen LogP contribution in [0.5, 0.6) is 0 Å². The van der Waals surface area contributed by atoms with Crippen molar-refractivity contribution in [2.45, 2.75) is 506 Å². The molecule has 0 spiro atoms. The number of aliphatic hydroxyl groups is 5. The lowest BCUT2D eigenvalue weighted by molar-refractivity contribution is -0.302. The highest BCUT2D eigenvalue weighted by atomic mass is 16.7. The number of aliphatic hydroxyl groups excluding tert-OH is 5. The number of allylic oxidation sites excluding steroid dienone is 2. The van der Waals surface area contributed by atoms with Crippen LogP contribution < -0.4 is 5.32 Å². The maximum Gasteiger partial charge on any atom is 0.220 e. The first-order valence-corrected chi connectivity index (χ1v) is 42.4. The molecule has 554 valence electrons. The van der Waals surface area contributed by atoms with Gasteiger partial charge in [0.15, 0.2) is 6.29 Å². The van der Waals surface area contributed by atoms with Gasteiger partial charge in [-0.3, -0.25) is 4.79 Å². The van der Waals surface area contributed by atoms with Crippen molar-refractivity contribution in [2.24, 2.45) is 0 Å². The number of amides is 1. The minimum atomic E-state index is -1.55. The number of hydrogen-bond acceptors (Lipinski definition) is 8. The van der Waals surface area contributed by atoms with E-state index in [1.165, 1.54) is 398 Å². The van der Waals surface area contributed by atoms with E-state index in [4.69, 9.17) is 9.47 Å². The molecule has 1 aliphatic rings. The topological polar surface area (TPSA) is 149 Å². The Bertz CT molecular complexity index is 1480. The van der Waals surface area contributed by atoms with Crippen LogP contribution in [-0.2, 0) is 14.3 Å². The predicted octanol–water partition coefficient (Wildman–Crippen LogP) is 24.6. The molecule has 0 aromatic heterocycles. The van der Waals surface area contributed by atoms with Gasteiger partial charge in [0, 0.05) is 6.42 Å². The molecule has 0 aromatic rings. The van der Waals surface area contributed by atoms with Crippen molar-refractivity contribution >= 4 is 5.91 Å². The molecule has 1 saturated heterocycles. The van der Waals surface area contributed by atoms with E-state index < -0.39 is 49.5 Å². The first-order valence-electron chi connectivity index (χ1n) is 42.4. The van der Waals surface area contributed by atoms with Crippen LogP contribution in [0.1, 0.15) is 463 Å². The second-order valence-corrected chi connectivity index (χ2v) is 30.0. The van der Waals surface area contributed by atoms with Gasteiger partial charge in [0.05, 0.1) is 25.4 Å². The van der Waals surface area contributed by atoms with Gasteiger partial charge in [0.2, 0.25) is 5.91 Å². The van der Waals surface area contributed by atoms with Crippen LogP contribution >= 0.6 is 0 Å². The Kier molecular flexibility index (Phi) is 71.2. The maximum atomic E-state index is 13.2. The number of carbonyl (C=O) groups excluding carboxylic acids is 1. The fourth-order valence-electron chi connectivity index (χ4n) is 14.3. The highest BCUT2D eigenvalue weighted by Gasteiger charge is 2.44. The second-order valence-electron chi connectivity index (χ2n) is 30.0. The van der Waals surface area contributed by atoms with Crippen molar-refractivity contribution in [2.75, 3.05) is 13.2 Å². The molecule has 0 aromatic carbocycles. The molecule has 1 heterocycles. The average Bonchev–Trinajstić information content (AvgIpc) is 1.02. The lowest BCUT2D eigenvalue weighted by Crippen LogP contribution is -2.60. The van der Waals surface area contributed by atoms with Gasteiger partial charge in [-0.05, 0) is 38.5 Å². The third kappa shape index (κ3) is 61.7. The summed E-state index contributed by atoms with van der Waals surface area (Å²) in [6.45, 7) is 3.92. The van der Waals surface area contributed by atoms with Crippen LogP contribution in [0, 0.1) is 0 Å². The van der Waals surface area contributed by atoms with E-state index in [0.717, 1.165) is 38.5 Å². The van der Waals surface area contributed by atoms with E-state index in [9.17, 15) is 30.3 Å². The van der Waals surface area contributed by atoms with E-state index in [2.05, 4.69) is 31.3 Å². The molecule has 1 aliphatic heterocycles. The molecule has 7 atom stereocenters. The zero-order chi connectivity index (χ0) is 67.1. The summed E-state index contributed by atoms with van der Waals surface area (Å²) in [6, 6.07) is -0.717. The van der Waals surface area contributed by atoms with Gasteiger partial charge in [-0.15, -0.1) is 0 Å². The lowest BCUT2D eigenvalue weighted by Gasteiger charge is -2.40. The Hall–Kier alpha value is -1.07. The summed E-state index contributed by atoms with van der Waals surface area (Å²) in [4.78, 5) is 13.2. The molecule has 0 radical (unpaired) electrons. The van der Waals surface area contributed by atoms with Gasteiger partial charge in [-0.2, -0.15) is 0 Å². The summed E-state index contributed by atoms with van der Waals surface area (Å²) in [6.07, 6.45) is 90.7. The largest absolute Gasteiger partial charge is 0.394 e. The first-order chi connectivity index (χ1) is 45.8. The fraction of sp³-hybridized carbons (Fsp3) is 0.964. The van der Waals surface area contributed by atoms with E-state index >= 15 is 0 Å². The first kappa shape index (κ1) is 89.9. The molecule has 0 saturated carbocycles. The number of nitrogens with one attached hydrogen (secondary N) is 1. The molecule has 7 unspecified atom stereocenters. The maximum absolute atomic E-state index is 13.2. The van der Waals surface area contributed by atoms with Gasteiger partial charge in [0.1, 0.15) is 24.4 Å². The minimum absolute atomic E-state index is 0.131. The second kappa shape index (κ2) is 73.6. The third-order valence-electron chi connectivity index (χ3n) is 20.9. The summed E-state index contributed by atoms with van der Waals surface area (Å²) in [5, 5.41) is 55.1. The summed E-state index contributed by atoms with van der Waals surface area (Å²) in [5.74, 6) is -0.132. The normalized spacial score (nSPS) is 17.5. The molecular weight excluding hydrogens is 1150 g/mol. The minimum Gasteiger partial charge on any atom is -0.394 e. The predicted molar refractivity (Wildman–Crippen MR) is 401 cm³/mol. The fourth-order valence-corrected chi connectivity index (χ4v) is 14.3. The zero-order valence-corrected chi connectivity index (χ0v) is 62.6. The Morgan fingerprint density at radius 1 is 0.355 bits per heavy atom. The van der Waals surface area contributed by atoms with Crippen molar-refractivity contribution in [3.05, 3.63) is 12.2 Å². The Morgan fingerprint density at radius 2 is 0.602 bits per heavy atom. The third-order valence-corrected chi connectivity index (χ3v) is 20.9. The lowest BCUT2D eigenvalue weighted by atomic mass is 9.99. The SMILES string of the molecule is CCCCCCCCCC/C=C\CCCCCCCCCCCCCCCCCCCCCCCCCCCCCC(=O)NC(COC1OC(CO)C(O)C(O)C1O)C(O)CCCCCCCCCCCCCCCCCCCCCCCCCCCCCCCCC. The zero-order valence-electron chi connectivity index (χ0n) is 62.6. The Morgan fingerprint density at radius 3 is 0.871 bits per heavy atom. The highest BCUT2D eigenvalue weighted by molar-refractivity contribution is 5.76. The smallest absolute Gasteiger partial charge is 0.220 e. The number of carbonyl (C=O) groups is 1. The molecule has 1 rings (SSSR count). The molecule has 0 aliphatic carbocycles. The molecule has 9 heteroatoms. The number of rotatable bonds is 77. The van der Waals surface area contributed by atoms with Crippen LogP contribution in [0.3, 0.4) is 0 Å². The summed E-state index contributed by atoms with van der Waals surface area (Å²) in [5.41, 5.74) is 0. The summed E-state index contributed by atoms with van der Waals surface area (Å²) >= 11 is 0. The molecule has 6 N–H and O–H groups in total. The molecular formula is C84H165NO8. The molecule has 1 amide bonds. The van der Waals surface area contributed by atoms with E-state index in [0.29, 0.717) is 12.8 Å². The number of ether oxygens (including phenoxy) is 2.